The molecule has 0 N–H and O–H groups in total. The highest BCUT2D eigenvalue weighted by Crippen LogP contribution is 2.40. The van der Waals surface area contributed by atoms with Crippen molar-refractivity contribution < 1.29 is 0 Å². The van der Waals surface area contributed by atoms with Crippen molar-refractivity contribution in [3.63, 3.8) is 0 Å². The van der Waals surface area contributed by atoms with Gasteiger partial charge in [0.25, 0.3) is 0 Å². The van der Waals surface area contributed by atoms with Crippen LogP contribution in [0.3, 0.4) is 0 Å². The number of aromatic nitrogens is 6. The van der Waals surface area contributed by atoms with Gasteiger partial charge in [0.2, 0.25) is 0 Å². The lowest BCUT2D eigenvalue weighted by Gasteiger charge is -2.13. The zero-order valence-corrected chi connectivity index (χ0v) is 58.8. The first-order valence-corrected chi connectivity index (χ1v) is 36.5. The number of fused-ring (bicyclic) bond motifs is 7. The molecule has 504 valence electrons. The Labute approximate surface area is 626 Å². The number of hydrogen-bond acceptors (Lipinski definition) is 6. The number of pyridine rings is 2. The molecule has 0 aliphatic carbocycles. The predicted molar refractivity (Wildman–Crippen MR) is 450 cm³/mol. The molecule has 0 amide bonds. The molecule has 16 aromatic carbocycles. The van der Waals surface area contributed by atoms with E-state index in [0.29, 0.717) is 11.6 Å². The highest BCUT2D eigenvalue weighted by atomic mass is 14.9. The number of rotatable bonds is 12. The third kappa shape index (κ3) is 12.8. The molecule has 0 fully saturated rings. The summed E-state index contributed by atoms with van der Waals surface area (Å²) in [6.07, 6.45) is 7.73. The summed E-state index contributed by atoms with van der Waals surface area (Å²) in [7, 11) is 0. The van der Waals surface area contributed by atoms with Crippen LogP contribution in [0.15, 0.2) is 401 Å². The molecule has 0 aliphatic rings. The second kappa shape index (κ2) is 28.3. The van der Waals surface area contributed by atoms with Crippen molar-refractivity contribution in [3.05, 3.63) is 401 Å². The summed E-state index contributed by atoms with van der Waals surface area (Å²) in [6.45, 7) is 0. The molecule has 0 spiro atoms. The van der Waals surface area contributed by atoms with Crippen molar-refractivity contribution in [2.75, 3.05) is 0 Å². The number of benzene rings is 16. The van der Waals surface area contributed by atoms with Crippen LogP contribution in [-0.2, 0) is 0 Å². The molecule has 4 aromatic heterocycles. The Morgan fingerprint density at radius 3 is 1.05 bits per heavy atom. The third-order valence-electron chi connectivity index (χ3n) is 20.8. The molecule has 0 atom stereocenters. The summed E-state index contributed by atoms with van der Waals surface area (Å²) in [6, 6.07) is 133. The fraction of sp³-hybridized carbons (Fsp3) is 0. The molecule has 4 heterocycles. The summed E-state index contributed by atoms with van der Waals surface area (Å²) in [5.41, 5.74) is 23.4. The van der Waals surface area contributed by atoms with Gasteiger partial charge in [-0.1, -0.05) is 346 Å². The van der Waals surface area contributed by atoms with E-state index in [1.54, 1.807) is 0 Å². The highest BCUT2D eigenvalue weighted by molar-refractivity contribution is 6.14. The maximum Gasteiger partial charge on any atom is 0.160 e. The van der Waals surface area contributed by atoms with Gasteiger partial charge in [-0.3, -0.25) is 9.97 Å². The third-order valence-corrected chi connectivity index (χ3v) is 20.8. The van der Waals surface area contributed by atoms with E-state index in [4.69, 9.17) is 19.9 Å². The second-order valence-electron chi connectivity index (χ2n) is 27.4. The van der Waals surface area contributed by atoms with Gasteiger partial charge in [0.05, 0.1) is 22.8 Å². The average Bonchev–Trinajstić information content (AvgIpc) is 0.764. The van der Waals surface area contributed by atoms with E-state index in [1.165, 1.54) is 87.2 Å². The van der Waals surface area contributed by atoms with Gasteiger partial charge in [-0.05, 0) is 140 Å². The summed E-state index contributed by atoms with van der Waals surface area (Å²) >= 11 is 0. The first kappa shape index (κ1) is 64.4. The standard InChI is InChI=1S/2C51H33N3/c1-2-10-42-30-43(29-18-34(42)8-1)35-16-27-41(28-17-35)51-53-49(39-23-19-37(20-24-39)46-15-7-12-36-9-3-5-13-45(36)46)31-50(54-51)40-25-21-38(22-26-40)48-33-52-32-44-11-4-6-14-47(44)48;1-2-11-34(12-3-1)35-21-25-37(26-22-35)49-31-50(38-27-23-36(24-28-38)48-33-52-32-42-14-5-7-18-44(42)48)54-51(53-49)41-16-10-15-39(29-41)47-30-40-13-4-6-17-43(40)45-19-8-9-20-46(45)47/h2*1-33H. The van der Waals surface area contributed by atoms with Gasteiger partial charge in [-0.25, -0.2) is 19.9 Å². The predicted octanol–water partition coefficient (Wildman–Crippen LogP) is 26.7. The maximum atomic E-state index is 5.24. The van der Waals surface area contributed by atoms with Crippen LogP contribution in [0.25, 0.3) is 199 Å². The van der Waals surface area contributed by atoms with E-state index in [9.17, 15) is 0 Å². The molecule has 0 radical (unpaired) electrons. The fourth-order valence-electron chi connectivity index (χ4n) is 15.1. The van der Waals surface area contributed by atoms with E-state index in [1.807, 2.05) is 30.9 Å². The molecule has 0 aliphatic heterocycles. The topological polar surface area (TPSA) is 77.3 Å². The molecule has 20 aromatic rings. The van der Waals surface area contributed by atoms with Gasteiger partial charge in [-0.2, -0.15) is 0 Å². The van der Waals surface area contributed by atoms with Crippen molar-refractivity contribution in [1.29, 1.82) is 0 Å². The summed E-state index contributed by atoms with van der Waals surface area (Å²) < 4.78 is 0. The van der Waals surface area contributed by atoms with Gasteiger partial charge in [0.1, 0.15) is 0 Å². The van der Waals surface area contributed by atoms with Gasteiger partial charge < -0.3 is 0 Å². The largest absolute Gasteiger partial charge is 0.263 e. The average molecular weight is 1380 g/mol. The van der Waals surface area contributed by atoms with Crippen molar-refractivity contribution in [3.8, 4) is 135 Å². The molecular weight excluding hydrogens is 1310 g/mol. The van der Waals surface area contributed by atoms with E-state index in [0.717, 1.165) is 100 Å². The maximum absolute atomic E-state index is 5.24. The van der Waals surface area contributed by atoms with Gasteiger partial charge in [-0.15, -0.1) is 0 Å². The molecule has 0 unspecified atom stereocenters. The lowest BCUT2D eigenvalue weighted by atomic mass is 9.92. The zero-order valence-electron chi connectivity index (χ0n) is 58.8. The Hall–Kier alpha value is -14.5. The lowest BCUT2D eigenvalue weighted by Crippen LogP contribution is -1.96. The minimum absolute atomic E-state index is 0.684. The van der Waals surface area contributed by atoms with Crippen molar-refractivity contribution in [1.82, 2.24) is 29.9 Å². The Kier molecular flexibility index (Phi) is 16.9. The zero-order chi connectivity index (χ0) is 71.7. The molecule has 0 saturated carbocycles. The van der Waals surface area contributed by atoms with E-state index in [-0.39, 0.29) is 0 Å². The molecule has 6 heteroatoms. The van der Waals surface area contributed by atoms with E-state index >= 15 is 0 Å². The summed E-state index contributed by atoms with van der Waals surface area (Å²) in [5, 5.41) is 14.5. The Morgan fingerprint density at radius 1 is 0.139 bits per heavy atom. The molecule has 20 rings (SSSR count). The number of nitrogens with zero attached hydrogens (tertiary/aromatic N) is 6. The Balaban J connectivity index is 0.000000147. The van der Waals surface area contributed by atoms with E-state index in [2.05, 4.69) is 380 Å². The van der Waals surface area contributed by atoms with Crippen LogP contribution < -0.4 is 0 Å². The highest BCUT2D eigenvalue weighted by Gasteiger charge is 2.18. The van der Waals surface area contributed by atoms with Crippen LogP contribution in [0.4, 0.5) is 0 Å². The fourth-order valence-corrected chi connectivity index (χ4v) is 15.1. The molecule has 108 heavy (non-hydrogen) atoms. The monoisotopic (exact) mass is 1370 g/mol. The molecule has 0 saturated heterocycles. The Morgan fingerprint density at radius 2 is 0.491 bits per heavy atom. The van der Waals surface area contributed by atoms with Gasteiger partial charge in [0, 0.05) is 80.1 Å². The van der Waals surface area contributed by atoms with Crippen molar-refractivity contribution in [2.24, 2.45) is 0 Å². The smallest absolute Gasteiger partial charge is 0.160 e. The van der Waals surface area contributed by atoms with Crippen LogP contribution in [0.1, 0.15) is 0 Å². The minimum Gasteiger partial charge on any atom is -0.263 e. The van der Waals surface area contributed by atoms with Crippen LogP contribution in [0.2, 0.25) is 0 Å². The first-order chi connectivity index (χ1) is 53.5. The normalized spacial score (nSPS) is 11.3. The lowest BCUT2D eigenvalue weighted by molar-refractivity contribution is 1.18. The first-order valence-electron chi connectivity index (χ1n) is 36.5. The molecular formula is C102H66N6. The van der Waals surface area contributed by atoms with Crippen LogP contribution in [0, 0.1) is 0 Å². The second-order valence-corrected chi connectivity index (χ2v) is 27.4. The Bertz CT molecular complexity index is 6600. The van der Waals surface area contributed by atoms with E-state index < -0.39 is 0 Å². The summed E-state index contributed by atoms with van der Waals surface area (Å²) in [4.78, 5) is 29.9. The van der Waals surface area contributed by atoms with Crippen molar-refractivity contribution in [2.45, 2.75) is 0 Å². The van der Waals surface area contributed by atoms with Crippen LogP contribution in [-0.4, -0.2) is 29.9 Å². The SMILES string of the molecule is c1ccc(-c2ccc(-c3cc(-c4ccc(-c5cncc6ccccc56)cc4)nc(-c4cccc(-c5cc6ccccc6c6ccccc56)c4)n3)cc2)cc1.c1ccc2cc(-c3ccc(-c4nc(-c5ccc(-c6cccc7ccccc67)cc5)cc(-c5ccc(-c6cncc7ccccc67)cc5)n4)cc3)ccc2c1. The minimum atomic E-state index is 0.684. The van der Waals surface area contributed by atoms with Crippen LogP contribution >= 0.6 is 0 Å². The number of hydrogen-bond donors (Lipinski definition) is 0. The van der Waals surface area contributed by atoms with Crippen molar-refractivity contribution >= 4 is 64.6 Å². The quantitative estimate of drug-likeness (QED) is 0.113. The molecule has 0 bridgehead atoms. The summed E-state index contributed by atoms with van der Waals surface area (Å²) in [5.74, 6) is 1.37. The van der Waals surface area contributed by atoms with Crippen LogP contribution in [0.5, 0.6) is 0 Å². The van der Waals surface area contributed by atoms with Gasteiger partial charge >= 0.3 is 0 Å². The molecule has 6 nitrogen and oxygen atoms in total. The van der Waals surface area contributed by atoms with Gasteiger partial charge in [0.15, 0.2) is 11.6 Å².